The number of phenolic OH excluding ortho intramolecular Hbond substituents is 2. The minimum absolute atomic E-state index is 0.00603. The fourth-order valence-electron chi connectivity index (χ4n) is 4.89. The van der Waals surface area contributed by atoms with Crippen LogP contribution in [0.2, 0.25) is 10.0 Å². The summed E-state index contributed by atoms with van der Waals surface area (Å²) in [6.45, 7) is 0.618. The smallest absolute Gasteiger partial charge is 0.340 e. The number of carbonyl (C=O) groups is 1. The van der Waals surface area contributed by atoms with E-state index < -0.39 is 29.3 Å². The van der Waals surface area contributed by atoms with Crippen molar-refractivity contribution in [1.29, 1.82) is 0 Å². The third kappa shape index (κ3) is 4.09. The number of carbonyl (C=O) groups excluding carboxylic acids is 1. The van der Waals surface area contributed by atoms with Gasteiger partial charge >= 0.3 is 5.97 Å². The summed E-state index contributed by atoms with van der Waals surface area (Å²) in [6.07, 6.45) is -0.636. The van der Waals surface area contributed by atoms with Crippen molar-refractivity contribution in [3.05, 3.63) is 78.6 Å². The minimum Gasteiger partial charge on any atom is -0.503 e. The van der Waals surface area contributed by atoms with Gasteiger partial charge in [0.15, 0.2) is 40.1 Å². The van der Waals surface area contributed by atoms with Crippen LogP contribution in [0.25, 0.3) is 10.4 Å². The number of aliphatic hydroxyl groups is 1. The second-order valence-corrected chi connectivity index (χ2v) is 9.63. The first-order chi connectivity index (χ1) is 19.2. The Labute approximate surface area is 237 Å². The molecule has 40 heavy (non-hydrogen) atoms. The number of ether oxygens (including phenoxy) is 4. The Morgan fingerprint density at radius 3 is 2.20 bits per heavy atom. The molecule has 0 fully saturated rings. The number of fused-ring (bicyclic) bond motifs is 6. The van der Waals surface area contributed by atoms with Crippen LogP contribution in [0.4, 0.5) is 0 Å². The summed E-state index contributed by atoms with van der Waals surface area (Å²) in [7, 11) is 2.67. The molecule has 208 valence electrons. The number of nitrogens with one attached hydrogen (secondary N) is 1. The average molecular weight is 589 g/mol. The van der Waals surface area contributed by atoms with E-state index in [9.17, 15) is 20.1 Å². The van der Waals surface area contributed by atoms with Crippen molar-refractivity contribution < 1.29 is 39.1 Å². The highest BCUT2D eigenvalue weighted by Crippen LogP contribution is 2.63. The van der Waals surface area contributed by atoms with E-state index in [2.05, 4.69) is 15.3 Å². The predicted molar refractivity (Wildman–Crippen MR) is 143 cm³/mol. The van der Waals surface area contributed by atoms with Crippen molar-refractivity contribution >= 4 is 29.2 Å². The van der Waals surface area contributed by atoms with Gasteiger partial charge in [-0.15, -0.1) is 0 Å². The fraction of sp³-hybridized carbons (Fsp3) is 0.269. The van der Waals surface area contributed by atoms with E-state index in [4.69, 9.17) is 47.7 Å². The number of methoxy groups -OCH3 is 2. The van der Waals surface area contributed by atoms with Gasteiger partial charge in [-0.25, -0.2) is 4.79 Å². The van der Waals surface area contributed by atoms with Crippen LogP contribution < -0.4 is 19.5 Å². The highest BCUT2D eigenvalue weighted by Gasteiger charge is 2.56. The van der Waals surface area contributed by atoms with Gasteiger partial charge in [0, 0.05) is 17.0 Å². The van der Waals surface area contributed by atoms with Gasteiger partial charge < -0.3 is 34.3 Å². The topological polar surface area (TPSA) is 175 Å². The largest absolute Gasteiger partial charge is 0.503 e. The van der Waals surface area contributed by atoms with Crippen molar-refractivity contribution in [1.82, 2.24) is 5.32 Å². The number of halogens is 2. The Morgan fingerprint density at radius 1 is 1.05 bits per heavy atom. The minimum atomic E-state index is -1.71. The van der Waals surface area contributed by atoms with Crippen LogP contribution in [0, 0.1) is 0 Å². The van der Waals surface area contributed by atoms with Crippen LogP contribution in [0.3, 0.4) is 0 Å². The molecule has 1 unspecified atom stereocenters. The summed E-state index contributed by atoms with van der Waals surface area (Å²) >= 11 is 13.0. The number of phenols is 2. The highest BCUT2D eigenvalue weighted by molar-refractivity contribution is 6.35. The maximum atomic E-state index is 13.4. The van der Waals surface area contributed by atoms with Gasteiger partial charge in [-0.3, -0.25) is 5.32 Å². The summed E-state index contributed by atoms with van der Waals surface area (Å²) in [5, 5.41) is 37.8. The number of hydrogen-bond acceptors (Lipinski definition) is 10. The summed E-state index contributed by atoms with van der Waals surface area (Å²) in [5.41, 5.74) is 8.00. The number of nitrogens with zero attached hydrogens (tertiary/aromatic N) is 3. The van der Waals surface area contributed by atoms with Crippen molar-refractivity contribution in [3.63, 3.8) is 0 Å². The van der Waals surface area contributed by atoms with E-state index in [0.29, 0.717) is 24.1 Å². The lowest BCUT2D eigenvalue weighted by molar-refractivity contribution is 0.0222. The number of rotatable bonds is 8. The molecule has 4 N–H and O–H groups in total. The molecule has 1 atom stereocenters. The number of aromatic hydroxyl groups is 2. The maximum Gasteiger partial charge on any atom is 0.340 e. The Kier molecular flexibility index (Phi) is 7.21. The van der Waals surface area contributed by atoms with Gasteiger partial charge in [-0.05, 0) is 42.3 Å². The third-order valence-corrected chi connectivity index (χ3v) is 7.47. The SMILES string of the molecule is COc1cc2c(c(Cl)c1O)Oc1c(cc(OC)c(O)c1Cl)C21OC(=O)c2cc(C(O)NCCCN=[N+]=[N-])ccc21. The average Bonchev–Trinajstić information content (AvgIpc) is 3.24. The lowest BCUT2D eigenvalue weighted by atomic mass is 9.77. The van der Waals surface area contributed by atoms with Gasteiger partial charge in [0.1, 0.15) is 16.3 Å². The van der Waals surface area contributed by atoms with Crippen molar-refractivity contribution in [3.8, 4) is 34.5 Å². The van der Waals surface area contributed by atoms with E-state index in [1.165, 1.54) is 32.4 Å². The molecule has 0 bridgehead atoms. The van der Waals surface area contributed by atoms with Gasteiger partial charge in [0.2, 0.25) is 0 Å². The number of benzene rings is 3. The van der Waals surface area contributed by atoms with Gasteiger partial charge in [-0.1, -0.05) is 40.4 Å². The lowest BCUT2D eigenvalue weighted by Crippen LogP contribution is -2.33. The first-order valence-corrected chi connectivity index (χ1v) is 12.6. The molecule has 0 aromatic heterocycles. The molecule has 3 aromatic carbocycles. The number of esters is 1. The molecule has 12 nitrogen and oxygen atoms in total. The van der Waals surface area contributed by atoms with E-state index in [1.54, 1.807) is 12.1 Å². The number of aliphatic hydroxyl groups excluding tert-OH is 1. The summed E-state index contributed by atoms with van der Waals surface area (Å²) in [5.74, 6) is -1.69. The van der Waals surface area contributed by atoms with Crippen LogP contribution in [-0.4, -0.2) is 48.6 Å². The molecule has 0 saturated carbocycles. The first kappa shape index (κ1) is 27.5. The number of hydrogen-bond donors (Lipinski definition) is 4. The standard InChI is InChI=1S/C26H22Cl2N4O8/c1-37-16-9-14-22(18(27)20(16)33)39-23-15(10-17(38-2)21(34)19(23)28)26(14)13-5-4-11(8-12(13)25(36)40-26)24(35)30-6-3-7-31-32-29/h4-5,8-10,24,30,33-35H,3,6-7H2,1-2H3. The zero-order chi connectivity index (χ0) is 28.8. The quantitative estimate of drug-likeness (QED) is 0.0681. The molecule has 0 saturated heterocycles. The van der Waals surface area contributed by atoms with Crippen LogP contribution in [0.5, 0.6) is 34.5 Å². The molecule has 0 amide bonds. The summed E-state index contributed by atoms with van der Waals surface area (Å²) in [6, 6.07) is 7.58. The molecule has 1 spiro atoms. The van der Waals surface area contributed by atoms with E-state index in [0.717, 1.165) is 0 Å². The Bertz CT molecular complexity index is 1530. The van der Waals surface area contributed by atoms with E-state index in [-0.39, 0.29) is 56.3 Å². The maximum absolute atomic E-state index is 13.4. The Morgan fingerprint density at radius 2 is 1.65 bits per heavy atom. The molecule has 3 aromatic rings. The molecule has 2 aliphatic rings. The van der Waals surface area contributed by atoms with Crippen LogP contribution in [-0.2, 0) is 10.3 Å². The summed E-state index contributed by atoms with van der Waals surface area (Å²) < 4.78 is 22.7. The lowest BCUT2D eigenvalue weighted by Gasteiger charge is -2.37. The fourth-order valence-corrected chi connectivity index (χ4v) is 5.35. The number of azide groups is 1. The van der Waals surface area contributed by atoms with Crippen molar-refractivity contribution in [2.24, 2.45) is 5.11 Å². The molecule has 2 aliphatic heterocycles. The molecule has 5 rings (SSSR count). The second-order valence-electron chi connectivity index (χ2n) is 8.88. The second kappa shape index (κ2) is 10.5. The highest BCUT2D eigenvalue weighted by atomic mass is 35.5. The normalized spacial score (nSPS) is 14.8. The summed E-state index contributed by atoms with van der Waals surface area (Å²) in [4.78, 5) is 16.1. The van der Waals surface area contributed by atoms with Crippen molar-refractivity contribution in [2.45, 2.75) is 18.2 Å². The van der Waals surface area contributed by atoms with Gasteiger partial charge in [0.05, 0.1) is 30.9 Å². The Balaban J connectivity index is 1.71. The monoisotopic (exact) mass is 588 g/mol. The van der Waals surface area contributed by atoms with Crippen molar-refractivity contribution in [2.75, 3.05) is 27.3 Å². The zero-order valence-corrected chi connectivity index (χ0v) is 22.6. The molecular weight excluding hydrogens is 567 g/mol. The van der Waals surface area contributed by atoms with Crippen LogP contribution in [0.15, 0.2) is 35.4 Å². The molecule has 0 radical (unpaired) electrons. The molecule has 2 heterocycles. The molecule has 14 heteroatoms. The van der Waals surface area contributed by atoms with Crippen LogP contribution >= 0.6 is 23.2 Å². The predicted octanol–water partition coefficient (Wildman–Crippen LogP) is 5.27. The van der Waals surface area contributed by atoms with E-state index >= 15 is 0 Å². The van der Waals surface area contributed by atoms with Crippen LogP contribution in [0.1, 0.15) is 45.3 Å². The van der Waals surface area contributed by atoms with Gasteiger partial charge in [0.25, 0.3) is 0 Å². The molecule has 0 aliphatic carbocycles. The molecular formula is C26H22Cl2N4O8. The Hall–Kier alpha value is -4.06. The zero-order valence-electron chi connectivity index (χ0n) is 21.1. The third-order valence-electron chi connectivity index (χ3n) is 6.76. The van der Waals surface area contributed by atoms with Gasteiger partial charge in [-0.2, -0.15) is 0 Å². The first-order valence-electron chi connectivity index (χ1n) is 11.9. The van der Waals surface area contributed by atoms with E-state index in [1.807, 2.05) is 0 Å².